The summed E-state index contributed by atoms with van der Waals surface area (Å²) in [5, 5.41) is 6.09. The van der Waals surface area contributed by atoms with E-state index < -0.39 is 0 Å². The van der Waals surface area contributed by atoms with Crippen LogP contribution in [0.25, 0.3) is 11.3 Å². The molecule has 0 radical (unpaired) electrons. The van der Waals surface area contributed by atoms with Crippen molar-refractivity contribution >= 4 is 5.91 Å². The number of carbonyl (C=O) groups is 1. The minimum Gasteiger partial charge on any atom is -0.461 e. The maximum absolute atomic E-state index is 13.7. The zero-order valence-corrected chi connectivity index (χ0v) is 12.3. The summed E-state index contributed by atoms with van der Waals surface area (Å²) in [7, 11) is 0. The Balaban J connectivity index is 1.51. The van der Waals surface area contributed by atoms with Crippen LogP contribution in [0.5, 0.6) is 0 Å². The summed E-state index contributed by atoms with van der Waals surface area (Å²) in [4.78, 5) is 11.8. The highest BCUT2D eigenvalue weighted by Crippen LogP contribution is 2.25. The van der Waals surface area contributed by atoms with Crippen molar-refractivity contribution in [1.29, 1.82) is 0 Å². The van der Waals surface area contributed by atoms with Crippen molar-refractivity contribution in [3.63, 3.8) is 0 Å². The van der Waals surface area contributed by atoms with E-state index in [2.05, 4.69) is 10.6 Å². The Labute approximate surface area is 128 Å². The lowest BCUT2D eigenvalue weighted by Crippen LogP contribution is -2.48. The van der Waals surface area contributed by atoms with Gasteiger partial charge in [-0.05, 0) is 24.3 Å². The van der Waals surface area contributed by atoms with Gasteiger partial charge in [0.15, 0.2) is 0 Å². The van der Waals surface area contributed by atoms with Gasteiger partial charge in [0.1, 0.15) is 17.3 Å². The van der Waals surface area contributed by atoms with Crippen molar-refractivity contribution in [2.75, 3.05) is 19.6 Å². The molecule has 4 nitrogen and oxygen atoms in total. The Morgan fingerprint density at radius 1 is 1.27 bits per heavy atom. The molecule has 0 saturated carbocycles. The average molecular weight is 302 g/mol. The lowest BCUT2D eigenvalue weighted by Gasteiger charge is -2.27. The van der Waals surface area contributed by atoms with Crippen molar-refractivity contribution in [2.45, 2.75) is 12.8 Å². The molecule has 1 aromatic carbocycles. The Kier molecular flexibility index (Phi) is 4.53. The number of hydrogen-bond donors (Lipinski definition) is 2. The summed E-state index contributed by atoms with van der Waals surface area (Å²) in [6.45, 7) is 2.68. The summed E-state index contributed by atoms with van der Waals surface area (Å²) in [5.41, 5.74) is 0.440. The van der Waals surface area contributed by atoms with Gasteiger partial charge in [-0.15, -0.1) is 0 Å². The van der Waals surface area contributed by atoms with Gasteiger partial charge in [0.25, 0.3) is 0 Å². The standard InChI is InChI=1S/C17H19FN2O2/c18-15-4-2-1-3-14(15)16-7-5-13(22-16)6-8-17(21)20-11-12-9-19-10-12/h1-5,7,12,19H,6,8-11H2,(H,20,21). The Morgan fingerprint density at radius 3 is 2.82 bits per heavy atom. The molecule has 116 valence electrons. The predicted molar refractivity (Wildman–Crippen MR) is 81.8 cm³/mol. The first-order valence-electron chi connectivity index (χ1n) is 7.53. The number of rotatable bonds is 6. The van der Waals surface area contributed by atoms with Crippen molar-refractivity contribution in [3.8, 4) is 11.3 Å². The Hall–Kier alpha value is -2.14. The zero-order valence-electron chi connectivity index (χ0n) is 12.3. The van der Waals surface area contributed by atoms with E-state index in [4.69, 9.17) is 4.42 Å². The van der Waals surface area contributed by atoms with E-state index >= 15 is 0 Å². The molecule has 22 heavy (non-hydrogen) atoms. The van der Waals surface area contributed by atoms with E-state index in [1.54, 1.807) is 30.3 Å². The number of hydrogen-bond acceptors (Lipinski definition) is 3. The highest BCUT2D eigenvalue weighted by molar-refractivity contribution is 5.76. The topological polar surface area (TPSA) is 54.3 Å². The number of halogens is 1. The van der Waals surface area contributed by atoms with Gasteiger partial charge >= 0.3 is 0 Å². The van der Waals surface area contributed by atoms with Gasteiger partial charge < -0.3 is 15.1 Å². The molecule has 0 spiro atoms. The third-order valence-corrected chi connectivity index (χ3v) is 3.85. The van der Waals surface area contributed by atoms with Crippen LogP contribution >= 0.6 is 0 Å². The molecule has 1 fully saturated rings. The van der Waals surface area contributed by atoms with Crippen LogP contribution in [0.15, 0.2) is 40.8 Å². The summed E-state index contributed by atoms with van der Waals surface area (Å²) in [5.74, 6) is 1.46. The fraction of sp³-hybridized carbons (Fsp3) is 0.353. The second kappa shape index (κ2) is 6.75. The van der Waals surface area contributed by atoms with Gasteiger partial charge in [0.2, 0.25) is 5.91 Å². The highest BCUT2D eigenvalue weighted by atomic mass is 19.1. The summed E-state index contributed by atoms with van der Waals surface area (Å²) < 4.78 is 19.3. The first-order valence-corrected chi connectivity index (χ1v) is 7.53. The van der Waals surface area contributed by atoms with Gasteiger partial charge in [-0.25, -0.2) is 4.39 Å². The molecular formula is C17H19FN2O2. The minimum absolute atomic E-state index is 0.0238. The quantitative estimate of drug-likeness (QED) is 0.861. The molecule has 1 aromatic heterocycles. The maximum atomic E-state index is 13.7. The summed E-state index contributed by atoms with van der Waals surface area (Å²) >= 11 is 0. The van der Waals surface area contributed by atoms with Gasteiger partial charge in [0.05, 0.1) is 5.56 Å². The largest absolute Gasteiger partial charge is 0.461 e. The molecule has 1 amide bonds. The molecule has 5 heteroatoms. The third-order valence-electron chi connectivity index (χ3n) is 3.85. The highest BCUT2D eigenvalue weighted by Gasteiger charge is 2.17. The molecule has 1 aliphatic heterocycles. The van der Waals surface area contributed by atoms with Crippen molar-refractivity contribution in [1.82, 2.24) is 10.6 Å². The smallest absolute Gasteiger partial charge is 0.220 e. The van der Waals surface area contributed by atoms with Gasteiger partial charge in [-0.2, -0.15) is 0 Å². The molecule has 0 atom stereocenters. The second-order valence-corrected chi connectivity index (χ2v) is 5.57. The Morgan fingerprint density at radius 2 is 2.09 bits per heavy atom. The molecule has 3 rings (SSSR count). The van der Waals surface area contributed by atoms with Crippen LogP contribution in [0.1, 0.15) is 12.2 Å². The van der Waals surface area contributed by atoms with E-state index in [0.29, 0.717) is 35.8 Å². The average Bonchev–Trinajstić information content (AvgIpc) is 2.93. The molecule has 1 saturated heterocycles. The fourth-order valence-corrected chi connectivity index (χ4v) is 2.39. The lowest BCUT2D eigenvalue weighted by atomic mass is 10.0. The number of carbonyl (C=O) groups excluding carboxylic acids is 1. The molecule has 2 N–H and O–H groups in total. The third kappa shape index (κ3) is 3.54. The van der Waals surface area contributed by atoms with E-state index in [9.17, 15) is 9.18 Å². The van der Waals surface area contributed by atoms with Gasteiger partial charge in [-0.1, -0.05) is 12.1 Å². The number of furan rings is 1. The molecule has 0 aliphatic carbocycles. The van der Waals surface area contributed by atoms with Crippen molar-refractivity contribution in [3.05, 3.63) is 48.0 Å². The summed E-state index contributed by atoms with van der Waals surface area (Å²) in [6, 6.07) is 10.0. The van der Waals surface area contributed by atoms with Gasteiger partial charge in [0, 0.05) is 38.4 Å². The molecule has 0 bridgehead atoms. The lowest BCUT2D eigenvalue weighted by molar-refractivity contribution is -0.121. The zero-order chi connectivity index (χ0) is 15.4. The first-order chi connectivity index (χ1) is 10.7. The van der Waals surface area contributed by atoms with Crippen molar-refractivity contribution in [2.24, 2.45) is 5.92 Å². The van der Waals surface area contributed by atoms with E-state index in [0.717, 1.165) is 19.6 Å². The normalized spacial score (nSPS) is 14.6. The number of aryl methyl sites for hydroxylation is 1. The van der Waals surface area contributed by atoms with Crippen LogP contribution in [0, 0.1) is 11.7 Å². The number of benzene rings is 1. The van der Waals surface area contributed by atoms with E-state index in [-0.39, 0.29) is 11.7 Å². The first kappa shape index (κ1) is 14.8. The second-order valence-electron chi connectivity index (χ2n) is 5.57. The van der Waals surface area contributed by atoms with Crippen LogP contribution in [-0.2, 0) is 11.2 Å². The minimum atomic E-state index is -0.310. The molecule has 2 aromatic rings. The number of nitrogens with one attached hydrogen (secondary N) is 2. The predicted octanol–water partition coefficient (Wildman–Crippen LogP) is 2.35. The van der Waals surface area contributed by atoms with E-state index in [1.807, 2.05) is 0 Å². The van der Waals surface area contributed by atoms with Crippen LogP contribution in [-0.4, -0.2) is 25.5 Å². The molecule has 1 aliphatic rings. The van der Waals surface area contributed by atoms with Crippen LogP contribution < -0.4 is 10.6 Å². The fourth-order valence-electron chi connectivity index (χ4n) is 2.39. The SMILES string of the molecule is O=C(CCc1ccc(-c2ccccc2F)o1)NCC1CNC1. The van der Waals surface area contributed by atoms with Gasteiger partial charge in [-0.3, -0.25) is 4.79 Å². The van der Waals surface area contributed by atoms with E-state index in [1.165, 1.54) is 6.07 Å². The van der Waals surface area contributed by atoms with Crippen LogP contribution in [0.4, 0.5) is 4.39 Å². The summed E-state index contributed by atoms with van der Waals surface area (Å²) in [6.07, 6.45) is 0.896. The Bertz CT molecular complexity index is 650. The molecular weight excluding hydrogens is 283 g/mol. The number of amides is 1. The molecule has 0 unspecified atom stereocenters. The van der Waals surface area contributed by atoms with Crippen LogP contribution in [0.3, 0.4) is 0 Å². The van der Waals surface area contributed by atoms with Crippen molar-refractivity contribution < 1.29 is 13.6 Å². The maximum Gasteiger partial charge on any atom is 0.220 e. The monoisotopic (exact) mass is 302 g/mol. The molecule has 2 heterocycles. The van der Waals surface area contributed by atoms with Crippen LogP contribution in [0.2, 0.25) is 0 Å².